The van der Waals surface area contributed by atoms with Crippen LogP contribution in [0.1, 0.15) is 70.8 Å². The molecule has 2 nitrogen and oxygen atoms in total. The smallest absolute Gasteiger partial charge is 0.0725 e. The van der Waals surface area contributed by atoms with Crippen LogP contribution in [0.4, 0.5) is 34.1 Å². The Morgan fingerprint density at radius 1 is 0.250 bits per heavy atom. The predicted octanol–water partition coefficient (Wildman–Crippen LogP) is 20.3. The molecule has 12 aromatic carbocycles. The molecule has 6 bridgehead atoms. The molecule has 0 fully saturated rings. The summed E-state index contributed by atoms with van der Waals surface area (Å²) in [6.45, 7) is 7.24. The minimum atomic E-state index is -0.483. The number of anilines is 6. The van der Waals surface area contributed by atoms with E-state index in [-0.39, 0.29) is 5.41 Å². The monoisotopic (exact) mass is 1020 g/mol. The normalized spacial score (nSPS) is 16.4. The molecule has 0 aromatic heterocycles. The Morgan fingerprint density at radius 2 is 0.713 bits per heavy atom. The van der Waals surface area contributed by atoms with E-state index >= 15 is 0 Å². The van der Waals surface area contributed by atoms with E-state index in [1.807, 2.05) is 0 Å². The summed E-state index contributed by atoms with van der Waals surface area (Å²) < 4.78 is 0. The SMILES string of the molecule is CC1(C)c2ccccc2-c2ccc(N3c4cc(-c5cccc6c5-c5ccccc5C65c6ccccc6-c6ccccc65)cc(c4)N(c4ccccc4-c4ccccc4)c4ccc5c(c4)C(C)(c4cccc3c4)c3ccccc3-5)cc21. The molecule has 4 aliphatic carbocycles. The topological polar surface area (TPSA) is 6.48 Å². The molecule has 0 saturated heterocycles. The molecular formula is C78H54N2. The zero-order chi connectivity index (χ0) is 53.1. The fourth-order valence-electron chi connectivity index (χ4n) is 15.5. The van der Waals surface area contributed by atoms with Crippen molar-refractivity contribution >= 4 is 34.1 Å². The molecule has 376 valence electrons. The van der Waals surface area contributed by atoms with Gasteiger partial charge in [-0.25, -0.2) is 0 Å². The van der Waals surface area contributed by atoms with Crippen LogP contribution < -0.4 is 9.80 Å². The third-order valence-corrected chi connectivity index (χ3v) is 19.0. The first-order chi connectivity index (χ1) is 39.3. The van der Waals surface area contributed by atoms with Gasteiger partial charge in [-0.15, -0.1) is 0 Å². The molecule has 1 aliphatic heterocycles. The molecule has 0 N–H and O–H groups in total. The summed E-state index contributed by atoms with van der Waals surface area (Å²) >= 11 is 0. The lowest BCUT2D eigenvalue weighted by Crippen LogP contribution is -2.25. The molecule has 0 radical (unpaired) electrons. The third kappa shape index (κ3) is 5.92. The first kappa shape index (κ1) is 45.3. The number of hydrogen-bond acceptors (Lipinski definition) is 2. The maximum atomic E-state index is 2.56. The van der Waals surface area contributed by atoms with Gasteiger partial charge in [0.2, 0.25) is 0 Å². The molecule has 1 spiro atoms. The number of nitrogens with zero attached hydrogens (tertiary/aromatic N) is 2. The van der Waals surface area contributed by atoms with Crippen LogP contribution >= 0.6 is 0 Å². The molecule has 1 atom stereocenters. The maximum Gasteiger partial charge on any atom is 0.0725 e. The highest BCUT2D eigenvalue weighted by molar-refractivity contribution is 6.02. The largest absolute Gasteiger partial charge is 0.310 e. The van der Waals surface area contributed by atoms with Crippen LogP contribution in [-0.4, -0.2) is 0 Å². The van der Waals surface area contributed by atoms with Crippen molar-refractivity contribution in [3.63, 3.8) is 0 Å². The average Bonchev–Trinajstić information content (AvgIpc) is 2.86. The van der Waals surface area contributed by atoms with Crippen LogP contribution in [-0.2, 0) is 16.2 Å². The minimum Gasteiger partial charge on any atom is -0.310 e. The highest BCUT2D eigenvalue weighted by Crippen LogP contribution is 2.65. The lowest BCUT2D eigenvalue weighted by Gasteiger charge is -2.35. The molecule has 0 saturated carbocycles. The van der Waals surface area contributed by atoms with Gasteiger partial charge >= 0.3 is 0 Å². The molecule has 80 heavy (non-hydrogen) atoms. The van der Waals surface area contributed by atoms with Crippen molar-refractivity contribution in [1.82, 2.24) is 0 Å². The van der Waals surface area contributed by atoms with Crippen LogP contribution in [0, 0.1) is 0 Å². The molecule has 12 aromatic rings. The van der Waals surface area contributed by atoms with E-state index in [9.17, 15) is 0 Å². The second kappa shape index (κ2) is 16.4. The van der Waals surface area contributed by atoms with Gasteiger partial charge in [0.05, 0.1) is 11.1 Å². The van der Waals surface area contributed by atoms with E-state index < -0.39 is 10.8 Å². The molecular weight excluding hydrogens is 965 g/mol. The molecule has 5 aliphatic rings. The number of para-hydroxylation sites is 1. The van der Waals surface area contributed by atoms with Crippen molar-refractivity contribution in [1.29, 1.82) is 0 Å². The van der Waals surface area contributed by atoms with Crippen molar-refractivity contribution in [2.75, 3.05) is 9.80 Å². The standard InChI is InChI=1S/C78H54N2/c1-76(2)66-32-13-7-26-59(66)63-41-39-53(47-72(63)76)79-52-24-19-23-51(45-52)77(3)67-33-14-8-27-60(67)64-42-40-54(48-73(64)77)80(74-38-18-12-25-57(74)49-21-5-4-6-22-49)56-44-50(43-55(79)46-56)58-31-20-37-71-75(58)65-30-11-17-36-70(65)78(71)68-34-15-9-28-61(68)62-29-10-16-35-69(62)78/h4-48H,1-3H3. The van der Waals surface area contributed by atoms with Crippen molar-refractivity contribution in [2.24, 2.45) is 0 Å². The summed E-state index contributed by atoms with van der Waals surface area (Å²) in [5.74, 6) is 0. The van der Waals surface area contributed by atoms with Gasteiger partial charge in [0.25, 0.3) is 0 Å². The summed E-state index contributed by atoms with van der Waals surface area (Å²) in [7, 11) is 0. The molecule has 1 heterocycles. The second-order valence-electron chi connectivity index (χ2n) is 23.3. The van der Waals surface area contributed by atoms with Gasteiger partial charge in [-0.3, -0.25) is 0 Å². The number of rotatable bonds is 4. The molecule has 0 amide bonds. The first-order valence-corrected chi connectivity index (χ1v) is 28.2. The Hall–Kier alpha value is -9.76. The van der Waals surface area contributed by atoms with Gasteiger partial charge < -0.3 is 9.80 Å². The van der Waals surface area contributed by atoms with Crippen LogP contribution in [0.3, 0.4) is 0 Å². The molecule has 2 heteroatoms. The average molecular weight is 1020 g/mol. The van der Waals surface area contributed by atoms with Gasteiger partial charge in [0, 0.05) is 44.8 Å². The van der Waals surface area contributed by atoms with E-state index in [0.29, 0.717) is 0 Å². The van der Waals surface area contributed by atoms with Gasteiger partial charge in [0.1, 0.15) is 0 Å². The van der Waals surface area contributed by atoms with Crippen LogP contribution in [0.15, 0.2) is 273 Å². The van der Waals surface area contributed by atoms with Crippen molar-refractivity contribution in [3.05, 3.63) is 323 Å². The number of fused-ring (bicyclic) bond motifs is 22. The summed E-state index contributed by atoms with van der Waals surface area (Å²) in [4.78, 5) is 5.11. The van der Waals surface area contributed by atoms with Crippen LogP contribution in [0.2, 0.25) is 0 Å². The molecule has 17 rings (SSSR count). The second-order valence-corrected chi connectivity index (χ2v) is 23.3. The van der Waals surface area contributed by atoms with Gasteiger partial charge in [-0.1, -0.05) is 226 Å². The van der Waals surface area contributed by atoms with Crippen LogP contribution in [0.5, 0.6) is 0 Å². The lowest BCUT2D eigenvalue weighted by atomic mass is 9.70. The third-order valence-electron chi connectivity index (χ3n) is 19.0. The van der Waals surface area contributed by atoms with Crippen LogP contribution in [0.25, 0.3) is 66.8 Å². The van der Waals surface area contributed by atoms with E-state index in [4.69, 9.17) is 0 Å². The molecule has 1 unspecified atom stereocenters. The Morgan fingerprint density at radius 3 is 1.41 bits per heavy atom. The predicted molar refractivity (Wildman–Crippen MR) is 332 cm³/mol. The van der Waals surface area contributed by atoms with Gasteiger partial charge in [0.15, 0.2) is 0 Å². The van der Waals surface area contributed by atoms with Crippen molar-refractivity contribution in [2.45, 2.75) is 37.0 Å². The fourth-order valence-corrected chi connectivity index (χ4v) is 15.5. The Kier molecular flexibility index (Phi) is 9.28. The highest BCUT2D eigenvalue weighted by atomic mass is 15.2. The summed E-state index contributed by atoms with van der Waals surface area (Å²) in [5, 5.41) is 0. The maximum absolute atomic E-state index is 2.56. The Bertz CT molecular complexity index is 4570. The zero-order valence-corrected chi connectivity index (χ0v) is 44.9. The van der Waals surface area contributed by atoms with E-state index in [0.717, 1.165) is 45.3 Å². The Balaban J connectivity index is 0.996. The van der Waals surface area contributed by atoms with E-state index in [1.165, 1.54) is 106 Å². The number of benzene rings is 12. The number of hydrogen-bond donors (Lipinski definition) is 0. The van der Waals surface area contributed by atoms with E-state index in [2.05, 4.69) is 304 Å². The van der Waals surface area contributed by atoms with Gasteiger partial charge in [-0.05, 0) is 179 Å². The van der Waals surface area contributed by atoms with E-state index in [1.54, 1.807) is 0 Å². The lowest BCUT2D eigenvalue weighted by molar-refractivity contribution is 0.660. The van der Waals surface area contributed by atoms with Crippen molar-refractivity contribution in [3.8, 4) is 66.8 Å². The summed E-state index contributed by atoms with van der Waals surface area (Å²) in [5.41, 5.74) is 32.4. The highest BCUT2D eigenvalue weighted by Gasteiger charge is 2.52. The fraction of sp³-hybridized carbons (Fsp3) is 0.0769. The minimum absolute atomic E-state index is 0.202. The zero-order valence-electron chi connectivity index (χ0n) is 44.9. The first-order valence-electron chi connectivity index (χ1n) is 28.2. The summed E-state index contributed by atoms with van der Waals surface area (Å²) in [6, 6.07) is 104. The Labute approximate surface area is 468 Å². The summed E-state index contributed by atoms with van der Waals surface area (Å²) in [6.07, 6.45) is 0. The quantitative estimate of drug-likeness (QED) is 0.173. The van der Waals surface area contributed by atoms with Crippen molar-refractivity contribution < 1.29 is 0 Å². The van der Waals surface area contributed by atoms with Gasteiger partial charge in [-0.2, -0.15) is 0 Å².